The van der Waals surface area contributed by atoms with Crippen LogP contribution < -0.4 is 11.5 Å². The minimum atomic E-state index is -1.02. The molecule has 4 aromatic rings. The number of hydrogen-bond donors (Lipinski definition) is 3. The predicted molar refractivity (Wildman–Crippen MR) is 128 cm³/mol. The average Bonchev–Trinajstić information content (AvgIpc) is 3.09. The van der Waals surface area contributed by atoms with Gasteiger partial charge in [-0.15, -0.1) is 0 Å². The monoisotopic (exact) mass is 442 g/mol. The molecule has 0 aliphatic carbocycles. The maximum absolute atomic E-state index is 13.7. The number of anilines is 2. The zero-order valence-corrected chi connectivity index (χ0v) is 18.3. The first-order valence-corrected chi connectivity index (χ1v) is 10.3. The summed E-state index contributed by atoms with van der Waals surface area (Å²) in [7, 11) is 0. The number of aromatic carboxylic acids is 1. The number of hydrogen-bond acceptors (Lipinski definition) is 4. The molecule has 0 aliphatic rings. The summed E-state index contributed by atoms with van der Waals surface area (Å²) in [6.07, 6.45) is 0.218. The van der Waals surface area contributed by atoms with E-state index in [1.54, 1.807) is 48.5 Å². The number of benzene rings is 3. The van der Waals surface area contributed by atoms with Gasteiger partial charge in [-0.05, 0) is 54.1 Å². The van der Waals surface area contributed by atoms with E-state index in [9.17, 15) is 19.6 Å². The molecular weight excluding hydrogens is 419 g/mol. The second-order valence-electron chi connectivity index (χ2n) is 8.63. The van der Waals surface area contributed by atoms with Gasteiger partial charge in [-0.3, -0.25) is 0 Å². The fourth-order valence-electron chi connectivity index (χ4n) is 4.22. The Kier molecular flexibility index (Phi) is 5.30. The molecule has 1 aromatic heterocycles. The van der Waals surface area contributed by atoms with Crippen molar-refractivity contribution in [3.05, 3.63) is 77.7 Å². The zero-order valence-electron chi connectivity index (χ0n) is 18.3. The molecule has 0 radical (unpaired) electrons. The van der Waals surface area contributed by atoms with Crippen molar-refractivity contribution < 1.29 is 14.3 Å². The molecular formula is C26H23FN4O2. The van der Waals surface area contributed by atoms with Crippen LogP contribution in [0.25, 0.3) is 27.7 Å². The lowest BCUT2D eigenvalue weighted by atomic mass is 9.81. The predicted octanol–water partition coefficient (Wildman–Crippen LogP) is 5.49. The van der Waals surface area contributed by atoms with Gasteiger partial charge in [0.05, 0.1) is 28.5 Å². The minimum absolute atomic E-state index is 0.169. The SMILES string of the molecule is CC(C)(CC#N)c1c(-c2ccc(C(=O)O)cc2)c2cc(N)c(N)cc2n1-c1ccc(F)cc1. The highest BCUT2D eigenvalue weighted by Crippen LogP contribution is 2.45. The topological polar surface area (TPSA) is 118 Å². The molecule has 7 heteroatoms. The van der Waals surface area contributed by atoms with E-state index in [-0.39, 0.29) is 17.8 Å². The van der Waals surface area contributed by atoms with Crippen molar-refractivity contribution in [3.63, 3.8) is 0 Å². The number of nitrogens with zero attached hydrogens (tertiary/aromatic N) is 2. The fraction of sp³-hybridized carbons (Fsp3) is 0.154. The Morgan fingerprint density at radius 1 is 1.06 bits per heavy atom. The van der Waals surface area contributed by atoms with Crippen molar-refractivity contribution in [2.45, 2.75) is 25.7 Å². The van der Waals surface area contributed by atoms with Crippen molar-refractivity contribution in [1.82, 2.24) is 4.57 Å². The van der Waals surface area contributed by atoms with Crippen LogP contribution in [-0.4, -0.2) is 15.6 Å². The summed E-state index contributed by atoms with van der Waals surface area (Å²) in [6.45, 7) is 3.93. The number of aromatic nitrogens is 1. The van der Waals surface area contributed by atoms with Gasteiger partial charge in [0.15, 0.2) is 0 Å². The third-order valence-electron chi connectivity index (χ3n) is 5.84. The molecule has 0 amide bonds. The molecule has 0 aliphatic heterocycles. The van der Waals surface area contributed by atoms with Crippen molar-refractivity contribution in [2.24, 2.45) is 0 Å². The highest BCUT2D eigenvalue weighted by atomic mass is 19.1. The van der Waals surface area contributed by atoms with Crippen LogP contribution in [0.5, 0.6) is 0 Å². The van der Waals surface area contributed by atoms with E-state index in [1.165, 1.54) is 12.1 Å². The van der Waals surface area contributed by atoms with Gasteiger partial charge in [-0.2, -0.15) is 5.26 Å². The molecule has 0 spiro atoms. The number of carboxylic acids is 1. The smallest absolute Gasteiger partial charge is 0.335 e. The number of rotatable bonds is 5. The number of carboxylic acid groups (broad SMARTS) is 1. The van der Waals surface area contributed by atoms with Crippen molar-refractivity contribution >= 4 is 28.2 Å². The van der Waals surface area contributed by atoms with Crippen molar-refractivity contribution in [3.8, 4) is 22.9 Å². The summed E-state index contributed by atoms with van der Waals surface area (Å²) < 4.78 is 15.7. The molecule has 6 nitrogen and oxygen atoms in total. The molecule has 0 atom stereocenters. The summed E-state index contributed by atoms with van der Waals surface area (Å²) in [4.78, 5) is 11.4. The quantitative estimate of drug-likeness (QED) is 0.353. The lowest BCUT2D eigenvalue weighted by Crippen LogP contribution is -2.21. The van der Waals surface area contributed by atoms with Gasteiger partial charge in [0, 0.05) is 34.2 Å². The van der Waals surface area contributed by atoms with Crippen LogP contribution in [0.3, 0.4) is 0 Å². The van der Waals surface area contributed by atoms with Gasteiger partial charge in [0.25, 0.3) is 0 Å². The standard InChI is InChI=1S/C26H23FN4O2/c1-26(2,11-12-28)24-23(15-3-5-16(6-4-15)25(32)33)19-13-20(29)21(30)14-22(19)31(24)18-9-7-17(27)8-10-18/h3-10,13-14H,11,29-30H2,1-2H3,(H,32,33). The van der Waals surface area contributed by atoms with Crippen LogP contribution >= 0.6 is 0 Å². The van der Waals surface area contributed by atoms with Crippen LogP contribution in [0.2, 0.25) is 0 Å². The molecule has 0 saturated carbocycles. The van der Waals surface area contributed by atoms with Gasteiger partial charge in [0.2, 0.25) is 0 Å². The van der Waals surface area contributed by atoms with E-state index in [4.69, 9.17) is 11.5 Å². The van der Waals surface area contributed by atoms with Gasteiger partial charge in [-0.1, -0.05) is 26.0 Å². The zero-order chi connectivity index (χ0) is 23.9. The summed E-state index contributed by atoms with van der Waals surface area (Å²) in [5.74, 6) is -1.38. The minimum Gasteiger partial charge on any atom is -0.478 e. The Hall–Kier alpha value is -4.31. The molecule has 4 rings (SSSR count). The Morgan fingerprint density at radius 3 is 2.24 bits per heavy atom. The van der Waals surface area contributed by atoms with E-state index >= 15 is 0 Å². The van der Waals surface area contributed by atoms with Crippen LogP contribution in [0.15, 0.2) is 60.7 Å². The first-order valence-electron chi connectivity index (χ1n) is 10.3. The van der Waals surface area contributed by atoms with Gasteiger partial charge < -0.3 is 21.1 Å². The maximum Gasteiger partial charge on any atom is 0.335 e. The number of nitrogen functional groups attached to an aromatic ring is 2. The normalized spacial score (nSPS) is 11.5. The molecule has 1 heterocycles. The fourth-order valence-corrected chi connectivity index (χ4v) is 4.22. The maximum atomic E-state index is 13.7. The summed E-state index contributed by atoms with van der Waals surface area (Å²) in [5, 5.41) is 19.7. The molecule has 0 fully saturated rings. The van der Waals surface area contributed by atoms with Gasteiger partial charge in [-0.25, -0.2) is 9.18 Å². The number of fused-ring (bicyclic) bond motifs is 1. The van der Waals surface area contributed by atoms with E-state index in [2.05, 4.69) is 6.07 Å². The Balaban J connectivity index is 2.17. The van der Waals surface area contributed by atoms with Gasteiger partial charge >= 0.3 is 5.97 Å². The van der Waals surface area contributed by atoms with Crippen LogP contribution in [0, 0.1) is 17.1 Å². The van der Waals surface area contributed by atoms with E-state index in [0.29, 0.717) is 17.1 Å². The molecule has 3 aromatic carbocycles. The van der Waals surface area contributed by atoms with Crippen molar-refractivity contribution in [1.29, 1.82) is 5.26 Å². The summed E-state index contributed by atoms with van der Waals surface area (Å²) in [5.41, 5.74) is 16.6. The van der Waals surface area contributed by atoms with Crippen LogP contribution in [-0.2, 0) is 5.41 Å². The van der Waals surface area contributed by atoms with E-state index < -0.39 is 11.4 Å². The first-order chi connectivity index (χ1) is 15.6. The number of carbonyl (C=O) groups is 1. The Bertz CT molecular complexity index is 1410. The van der Waals surface area contributed by atoms with E-state index in [1.807, 2.05) is 18.4 Å². The van der Waals surface area contributed by atoms with Crippen molar-refractivity contribution in [2.75, 3.05) is 11.5 Å². The number of nitrogens with two attached hydrogens (primary N) is 2. The van der Waals surface area contributed by atoms with Crippen LogP contribution in [0.1, 0.15) is 36.3 Å². The highest BCUT2D eigenvalue weighted by molar-refractivity contribution is 6.03. The molecule has 5 N–H and O–H groups in total. The second-order valence-corrected chi connectivity index (χ2v) is 8.63. The lowest BCUT2D eigenvalue weighted by Gasteiger charge is -2.26. The van der Waals surface area contributed by atoms with Gasteiger partial charge in [0.1, 0.15) is 5.82 Å². The third-order valence-corrected chi connectivity index (χ3v) is 5.84. The molecule has 0 saturated heterocycles. The summed E-state index contributed by atoms with van der Waals surface area (Å²) in [6, 6.07) is 18.5. The molecule has 0 bridgehead atoms. The average molecular weight is 442 g/mol. The molecule has 33 heavy (non-hydrogen) atoms. The van der Waals surface area contributed by atoms with Crippen LogP contribution in [0.4, 0.5) is 15.8 Å². The molecule has 166 valence electrons. The largest absolute Gasteiger partial charge is 0.478 e. The highest BCUT2D eigenvalue weighted by Gasteiger charge is 2.32. The Labute approximate surface area is 190 Å². The molecule has 0 unspecified atom stereocenters. The summed E-state index contributed by atoms with van der Waals surface area (Å²) >= 11 is 0. The lowest BCUT2D eigenvalue weighted by molar-refractivity contribution is 0.0697. The van der Waals surface area contributed by atoms with E-state index in [0.717, 1.165) is 27.7 Å². The number of halogens is 1. The second kappa shape index (κ2) is 7.99. The first kappa shape index (κ1) is 21.9. The Morgan fingerprint density at radius 2 is 1.67 bits per heavy atom. The number of nitriles is 1. The third kappa shape index (κ3) is 3.76.